The summed E-state index contributed by atoms with van der Waals surface area (Å²) in [7, 11) is 1.70. The van der Waals surface area contributed by atoms with E-state index in [9.17, 15) is 0 Å². The van der Waals surface area contributed by atoms with Gasteiger partial charge in [0.15, 0.2) is 0 Å². The number of rotatable bonds is 6. The lowest BCUT2D eigenvalue weighted by Crippen LogP contribution is -2.38. The summed E-state index contributed by atoms with van der Waals surface area (Å²) in [6.45, 7) is 5.39. The fourth-order valence-corrected chi connectivity index (χ4v) is 5.00. The Morgan fingerprint density at radius 2 is 2.03 bits per heavy atom. The number of pyridine rings is 1. The monoisotopic (exact) mass is 444 g/mol. The van der Waals surface area contributed by atoms with Crippen molar-refractivity contribution in [3.05, 3.63) is 47.8 Å². The first-order valence-corrected chi connectivity index (χ1v) is 11.7. The third kappa shape index (κ3) is 3.79. The first-order chi connectivity index (χ1) is 16.3. The maximum absolute atomic E-state index is 5.74. The molecular formula is C25H28N6O2. The smallest absolute Gasteiger partial charge is 0.147 e. The van der Waals surface area contributed by atoms with Gasteiger partial charge in [-0.3, -0.25) is 14.7 Å². The van der Waals surface area contributed by atoms with Crippen LogP contribution < -0.4 is 4.74 Å². The number of fused-ring (bicyclic) bond motifs is 2. The van der Waals surface area contributed by atoms with Gasteiger partial charge in [-0.25, -0.2) is 4.98 Å². The summed E-state index contributed by atoms with van der Waals surface area (Å²) in [5.74, 6) is 0.763. The van der Waals surface area contributed by atoms with Gasteiger partial charge in [0.25, 0.3) is 0 Å². The van der Waals surface area contributed by atoms with Gasteiger partial charge in [0.1, 0.15) is 22.7 Å². The molecule has 0 radical (unpaired) electrons. The summed E-state index contributed by atoms with van der Waals surface area (Å²) in [4.78, 5) is 7.49. The second kappa shape index (κ2) is 8.61. The minimum atomic E-state index is 0.763. The molecule has 170 valence electrons. The van der Waals surface area contributed by atoms with Crippen LogP contribution in [0.3, 0.4) is 0 Å². The fraction of sp³-hybridized carbons (Fsp3) is 0.400. The number of aromatic nitrogens is 5. The number of aryl methyl sites for hydroxylation is 1. The van der Waals surface area contributed by atoms with E-state index in [1.54, 1.807) is 7.11 Å². The molecule has 6 rings (SSSR count). The topological polar surface area (TPSA) is 81.1 Å². The number of nitrogens with zero attached hydrogens (tertiary/aromatic N) is 5. The van der Waals surface area contributed by atoms with Crippen molar-refractivity contribution in [3.8, 4) is 28.3 Å². The number of methoxy groups -OCH3 is 1. The highest BCUT2D eigenvalue weighted by Gasteiger charge is 2.21. The Balaban J connectivity index is 1.34. The SMILES string of the molecule is COc1cc2[nH]nc(-c3cnn(CCN4CCOCC4)c3)c2nc1-c1cccc2c1CCC2. The van der Waals surface area contributed by atoms with Crippen molar-refractivity contribution in [1.82, 2.24) is 29.9 Å². The van der Waals surface area contributed by atoms with Crippen LogP contribution in [0.5, 0.6) is 5.75 Å². The first kappa shape index (κ1) is 20.4. The molecule has 0 unspecified atom stereocenters. The van der Waals surface area contributed by atoms with Gasteiger partial charge in [0, 0.05) is 43.0 Å². The summed E-state index contributed by atoms with van der Waals surface area (Å²) in [5.41, 5.74) is 8.34. The zero-order valence-corrected chi connectivity index (χ0v) is 18.9. The van der Waals surface area contributed by atoms with E-state index >= 15 is 0 Å². The quantitative estimate of drug-likeness (QED) is 0.491. The van der Waals surface area contributed by atoms with Gasteiger partial charge in [0.05, 0.1) is 38.6 Å². The van der Waals surface area contributed by atoms with Crippen LogP contribution in [0.2, 0.25) is 0 Å². The lowest BCUT2D eigenvalue weighted by atomic mass is 9.99. The molecule has 0 atom stereocenters. The standard InChI is InChI=1S/C25H28N6O2/c1-32-22-14-21-25(27-24(22)20-7-3-5-17-4-2-6-19(17)20)23(29-28-21)18-15-26-31(16-18)9-8-30-10-12-33-13-11-30/h3,5,7,14-16H,2,4,6,8-13H2,1H3,(H,28,29). The van der Waals surface area contributed by atoms with Crippen molar-refractivity contribution >= 4 is 11.0 Å². The minimum absolute atomic E-state index is 0.763. The van der Waals surface area contributed by atoms with E-state index in [0.29, 0.717) is 0 Å². The number of ether oxygens (including phenoxy) is 2. The van der Waals surface area contributed by atoms with Crippen molar-refractivity contribution < 1.29 is 9.47 Å². The number of hydrogen-bond acceptors (Lipinski definition) is 6. The molecule has 2 aliphatic rings. The molecule has 8 heteroatoms. The molecule has 1 N–H and O–H groups in total. The van der Waals surface area contributed by atoms with E-state index in [4.69, 9.17) is 14.5 Å². The zero-order chi connectivity index (χ0) is 22.2. The van der Waals surface area contributed by atoms with Crippen LogP contribution in [0.4, 0.5) is 0 Å². The van der Waals surface area contributed by atoms with E-state index in [0.717, 1.165) is 91.5 Å². The molecule has 1 aromatic carbocycles. The molecule has 0 bridgehead atoms. The highest BCUT2D eigenvalue weighted by molar-refractivity contribution is 5.92. The van der Waals surface area contributed by atoms with Gasteiger partial charge in [-0.15, -0.1) is 0 Å². The Morgan fingerprint density at radius 1 is 1.12 bits per heavy atom. The van der Waals surface area contributed by atoms with Crippen LogP contribution in [-0.4, -0.2) is 69.8 Å². The molecule has 1 saturated heterocycles. The molecule has 0 saturated carbocycles. The van der Waals surface area contributed by atoms with Crippen LogP contribution in [0, 0.1) is 0 Å². The van der Waals surface area contributed by atoms with Crippen molar-refractivity contribution in [2.24, 2.45) is 0 Å². The second-order valence-electron chi connectivity index (χ2n) is 8.75. The highest BCUT2D eigenvalue weighted by Crippen LogP contribution is 2.38. The molecule has 1 aliphatic heterocycles. The van der Waals surface area contributed by atoms with E-state index in [2.05, 4.69) is 44.6 Å². The summed E-state index contributed by atoms with van der Waals surface area (Å²) < 4.78 is 13.2. The van der Waals surface area contributed by atoms with Crippen molar-refractivity contribution in [3.63, 3.8) is 0 Å². The van der Waals surface area contributed by atoms with Crippen molar-refractivity contribution in [1.29, 1.82) is 0 Å². The molecule has 4 aromatic rings. The molecule has 4 heterocycles. The van der Waals surface area contributed by atoms with Crippen LogP contribution in [0.15, 0.2) is 36.7 Å². The summed E-state index contributed by atoms with van der Waals surface area (Å²) in [5, 5.41) is 12.3. The second-order valence-corrected chi connectivity index (χ2v) is 8.75. The average molecular weight is 445 g/mol. The molecule has 1 fully saturated rings. The average Bonchev–Trinajstić information content (AvgIpc) is 3.61. The van der Waals surface area contributed by atoms with Gasteiger partial charge in [-0.05, 0) is 30.4 Å². The fourth-order valence-electron chi connectivity index (χ4n) is 5.00. The summed E-state index contributed by atoms with van der Waals surface area (Å²) in [6.07, 6.45) is 7.34. The Bertz CT molecular complexity index is 1290. The van der Waals surface area contributed by atoms with Gasteiger partial charge in [-0.2, -0.15) is 10.2 Å². The molecule has 1 aliphatic carbocycles. The van der Waals surface area contributed by atoms with E-state index in [1.165, 1.54) is 17.5 Å². The molecule has 33 heavy (non-hydrogen) atoms. The number of nitrogens with one attached hydrogen (secondary N) is 1. The number of hydrogen-bond donors (Lipinski definition) is 1. The molecule has 0 amide bonds. The lowest BCUT2D eigenvalue weighted by Gasteiger charge is -2.26. The van der Waals surface area contributed by atoms with Crippen LogP contribution in [-0.2, 0) is 24.1 Å². The number of morpholine rings is 1. The van der Waals surface area contributed by atoms with E-state index in [1.807, 2.05) is 16.9 Å². The summed E-state index contributed by atoms with van der Waals surface area (Å²) in [6, 6.07) is 8.51. The van der Waals surface area contributed by atoms with Crippen LogP contribution in [0.1, 0.15) is 17.5 Å². The van der Waals surface area contributed by atoms with Gasteiger partial charge in [0.2, 0.25) is 0 Å². The van der Waals surface area contributed by atoms with Gasteiger partial charge in [-0.1, -0.05) is 18.2 Å². The highest BCUT2D eigenvalue weighted by atomic mass is 16.5. The Morgan fingerprint density at radius 3 is 2.91 bits per heavy atom. The number of benzene rings is 1. The Kier molecular flexibility index (Phi) is 5.32. The van der Waals surface area contributed by atoms with Crippen molar-refractivity contribution in [2.75, 3.05) is 40.0 Å². The largest absolute Gasteiger partial charge is 0.494 e. The molecular weight excluding hydrogens is 416 g/mol. The minimum Gasteiger partial charge on any atom is -0.494 e. The lowest BCUT2D eigenvalue weighted by molar-refractivity contribution is 0.0360. The maximum atomic E-state index is 5.74. The predicted molar refractivity (Wildman–Crippen MR) is 126 cm³/mol. The van der Waals surface area contributed by atoms with E-state index in [-0.39, 0.29) is 0 Å². The number of aromatic amines is 1. The molecule has 3 aromatic heterocycles. The zero-order valence-electron chi connectivity index (χ0n) is 18.9. The van der Waals surface area contributed by atoms with E-state index < -0.39 is 0 Å². The normalized spacial score (nSPS) is 16.4. The van der Waals surface area contributed by atoms with Crippen LogP contribution >= 0.6 is 0 Å². The van der Waals surface area contributed by atoms with Gasteiger partial charge >= 0.3 is 0 Å². The maximum Gasteiger partial charge on any atom is 0.147 e. The van der Waals surface area contributed by atoms with Crippen LogP contribution in [0.25, 0.3) is 33.5 Å². The van der Waals surface area contributed by atoms with Gasteiger partial charge < -0.3 is 9.47 Å². The third-order valence-corrected chi connectivity index (χ3v) is 6.78. The summed E-state index contributed by atoms with van der Waals surface area (Å²) >= 11 is 0. The van der Waals surface area contributed by atoms with Crippen molar-refractivity contribution in [2.45, 2.75) is 25.8 Å². The first-order valence-electron chi connectivity index (χ1n) is 11.7. The Hall–Kier alpha value is -3.23. The molecule has 0 spiro atoms. The Labute approximate surface area is 192 Å². The predicted octanol–water partition coefficient (Wildman–Crippen LogP) is 3.32. The number of H-pyrrole nitrogens is 1. The third-order valence-electron chi connectivity index (χ3n) is 6.78. The molecule has 8 nitrogen and oxygen atoms in total.